The van der Waals surface area contributed by atoms with Gasteiger partial charge in [-0.3, -0.25) is 0 Å². The number of fused-ring (bicyclic) bond motifs is 1. The second-order valence-electron chi connectivity index (χ2n) is 6.52. The fourth-order valence-corrected chi connectivity index (χ4v) is 2.08. The van der Waals surface area contributed by atoms with Crippen LogP contribution in [0, 0.1) is 0 Å². The molecule has 0 aliphatic heterocycles. The first-order valence-electron chi connectivity index (χ1n) is 7.63. The lowest BCUT2D eigenvalue weighted by Crippen LogP contribution is -2.44. The third kappa shape index (κ3) is 5.45. The Bertz CT molecular complexity index is 695. The summed E-state index contributed by atoms with van der Waals surface area (Å²) in [7, 11) is 0. The Morgan fingerprint density at radius 1 is 1.29 bits per heavy atom. The number of hydrogen-bond acceptors (Lipinski definition) is 4. The van der Waals surface area contributed by atoms with E-state index in [1.165, 1.54) is 0 Å². The van der Waals surface area contributed by atoms with Crippen LogP contribution in [0.25, 0.3) is 5.52 Å². The molecule has 2 aromatic heterocycles. The summed E-state index contributed by atoms with van der Waals surface area (Å²) >= 11 is 0. The molecule has 132 valence electrons. The number of ether oxygens (including phenoxy) is 1. The summed E-state index contributed by atoms with van der Waals surface area (Å²) in [5, 5.41) is 8.92. The maximum atomic E-state index is 13.8. The quantitative estimate of drug-likeness (QED) is 0.848. The van der Waals surface area contributed by atoms with Gasteiger partial charge in [-0.25, -0.2) is 18.1 Å². The first kappa shape index (κ1) is 18.1. The van der Waals surface area contributed by atoms with Crippen molar-refractivity contribution in [1.82, 2.24) is 20.2 Å². The van der Waals surface area contributed by atoms with Crippen LogP contribution < -0.4 is 10.6 Å². The third-order valence-corrected chi connectivity index (χ3v) is 3.10. The smallest absolute Gasteiger partial charge is 0.407 e. The minimum absolute atomic E-state index is 0.259. The number of nitrogens with zero attached hydrogens (tertiary/aromatic N) is 2. The number of hydrogen-bond donors (Lipinski definition) is 2. The van der Waals surface area contributed by atoms with Gasteiger partial charge in [0, 0.05) is 18.3 Å². The molecule has 0 aliphatic rings. The molecule has 8 heteroatoms. The van der Waals surface area contributed by atoms with Gasteiger partial charge in [-0.2, -0.15) is 5.10 Å². The van der Waals surface area contributed by atoms with Crippen LogP contribution in [0.15, 0.2) is 30.6 Å². The van der Waals surface area contributed by atoms with Gasteiger partial charge in [0.05, 0.1) is 24.8 Å². The molecule has 0 bridgehead atoms. The van der Waals surface area contributed by atoms with Gasteiger partial charge in [0.15, 0.2) is 0 Å². The molecule has 0 aliphatic carbocycles. The number of nitrogens with one attached hydrogen (secondary N) is 2. The highest BCUT2D eigenvalue weighted by Gasteiger charge is 2.30. The van der Waals surface area contributed by atoms with Crippen molar-refractivity contribution in [2.75, 3.05) is 13.1 Å². The number of aromatic nitrogens is 2. The first-order valence-corrected chi connectivity index (χ1v) is 7.63. The van der Waals surface area contributed by atoms with Gasteiger partial charge in [-0.05, 0) is 32.9 Å². The second kappa shape index (κ2) is 7.12. The van der Waals surface area contributed by atoms with Gasteiger partial charge in [0.2, 0.25) is 0 Å². The number of amides is 1. The fourth-order valence-electron chi connectivity index (χ4n) is 2.08. The first-order chi connectivity index (χ1) is 11.2. The maximum Gasteiger partial charge on any atom is 0.407 e. The van der Waals surface area contributed by atoms with Crippen LogP contribution in [0.5, 0.6) is 0 Å². The van der Waals surface area contributed by atoms with Crippen molar-refractivity contribution in [3.05, 3.63) is 36.2 Å². The van der Waals surface area contributed by atoms with E-state index in [9.17, 15) is 13.6 Å². The summed E-state index contributed by atoms with van der Waals surface area (Å²) < 4.78 is 34.2. The van der Waals surface area contributed by atoms with Crippen molar-refractivity contribution in [3.63, 3.8) is 0 Å². The largest absolute Gasteiger partial charge is 0.444 e. The highest BCUT2D eigenvalue weighted by molar-refractivity contribution is 5.67. The average Bonchev–Trinajstić information content (AvgIpc) is 2.87. The van der Waals surface area contributed by atoms with Gasteiger partial charge in [0.1, 0.15) is 5.60 Å². The summed E-state index contributed by atoms with van der Waals surface area (Å²) in [4.78, 5) is 11.4. The topological polar surface area (TPSA) is 67.7 Å². The highest BCUT2D eigenvalue weighted by Crippen LogP contribution is 2.13. The minimum Gasteiger partial charge on any atom is -0.444 e. The number of carbonyl (C=O) groups excluding carboxylic acids is 1. The molecule has 0 fully saturated rings. The van der Waals surface area contributed by atoms with Crippen LogP contribution in [-0.4, -0.2) is 40.3 Å². The number of pyridine rings is 1. The van der Waals surface area contributed by atoms with Gasteiger partial charge in [-0.15, -0.1) is 0 Å². The zero-order chi connectivity index (χ0) is 17.8. The molecule has 6 nitrogen and oxygen atoms in total. The molecule has 2 N–H and O–H groups in total. The van der Waals surface area contributed by atoms with Crippen molar-refractivity contribution in [1.29, 1.82) is 0 Å². The molecule has 0 unspecified atom stereocenters. The highest BCUT2D eigenvalue weighted by atomic mass is 19.3. The molecule has 0 saturated heterocycles. The number of alkyl carbamates (subject to hydrolysis) is 1. The Balaban J connectivity index is 1.79. The fraction of sp³-hybridized carbons (Fsp3) is 0.500. The van der Waals surface area contributed by atoms with Crippen LogP contribution in [-0.2, 0) is 11.3 Å². The maximum absolute atomic E-state index is 13.8. The van der Waals surface area contributed by atoms with Gasteiger partial charge in [0.25, 0.3) is 5.92 Å². The van der Waals surface area contributed by atoms with Crippen molar-refractivity contribution in [3.8, 4) is 0 Å². The normalized spacial score (nSPS) is 12.4. The second-order valence-corrected chi connectivity index (χ2v) is 6.52. The van der Waals surface area contributed by atoms with E-state index in [4.69, 9.17) is 4.74 Å². The monoisotopic (exact) mass is 340 g/mol. The molecule has 0 aromatic carbocycles. The van der Waals surface area contributed by atoms with Crippen molar-refractivity contribution >= 4 is 11.6 Å². The van der Waals surface area contributed by atoms with Crippen LogP contribution in [0.4, 0.5) is 13.6 Å². The Hall–Kier alpha value is -2.22. The van der Waals surface area contributed by atoms with Crippen LogP contribution in [0.1, 0.15) is 26.3 Å². The predicted molar refractivity (Wildman–Crippen MR) is 86.1 cm³/mol. The van der Waals surface area contributed by atoms with Crippen molar-refractivity contribution in [2.45, 2.75) is 38.8 Å². The molecule has 2 rings (SSSR count). The molecular weight excluding hydrogens is 318 g/mol. The molecule has 0 atom stereocenters. The minimum atomic E-state index is -3.08. The molecule has 2 aromatic rings. The molecular formula is C16H22F2N4O2. The Morgan fingerprint density at radius 2 is 2.04 bits per heavy atom. The van der Waals surface area contributed by atoms with Crippen LogP contribution >= 0.6 is 0 Å². The van der Waals surface area contributed by atoms with E-state index in [0.29, 0.717) is 0 Å². The summed E-state index contributed by atoms with van der Waals surface area (Å²) in [5.41, 5.74) is 0.966. The molecule has 2 heterocycles. The summed E-state index contributed by atoms with van der Waals surface area (Å²) in [5.74, 6) is -3.08. The standard InChI is InChI=1S/C16H22F2N4O2/c1-15(2,3)24-14(23)20-11-16(17,18)10-19-8-12-9-21-22-7-5-4-6-13(12)22/h4-7,9,19H,8,10-11H2,1-3H3,(H,20,23). The van der Waals surface area contributed by atoms with E-state index in [-0.39, 0.29) is 6.54 Å². The zero-order valence-electron chi connectivity index (χ0n) is 14.0. The Morgan fingerprint density at radius 3 is 2.75 bits per heavy atom. The SMILES string of the molecule is CC(C)(C)OC(=O)NCC(F)(F)CNCc1cnn2ccccc12. The summed E-state index contributed by atoms with van der Waals surface area (Å²) in [6.45, 7) is 3.92. The molecule has 1 amide bonds. The Labute approximate surface area is 139 Å². The molecule has 24 heavy (non-hydrogen) atoms. The number of carbonyl (C=O) groups is 1. The van der Waals surface area contributed by atoms with E-state index >= 15 is 0 Å². The number of halogens is 2. The van der Waals surface area contributed by atoms with Crippen LogP contribution in [0.2, 0.25) is 0 Å². The zero-order valence-corrected chi connectivity index (χ0v) is 14.0. The summed E-state index contributed by atoms with van der Waals surface area (Å²) in [6, 6.07) is 5.57. The molecule has 0 radical (unpaired) electrons. The van der Waals surface area contributed by atoms with Gasteiger partial charge in [-0.1, -0.05) is 6.07 Å². The van der Waals surface area contributed by atoms with Crippen molar-refractivity contribution in [2.24, 2.45) is 0 Å². The third-order valence-electron chi connectivity index (χ3n) is 3.10. The lowest BCUT2D eigenvalue weighted by molar-refractivity contribution is -0.00374. The predicted octanol–water partition coefficient (Wildman–Crippen LogP) is 2.58. The lowest BCUT2D eigenvalue weighted by Gasteiger charge is -2.22. The lowest BCUT2D eigenvalue weighted by atomic mass is 10.2. The molecule has 0 saturated carbocycles. The van der Waals surface area contributed by atoms with E-state index in [2.05, 4.69) is 15.7 Å². The van der Waals surface area contributed by atoms with E-state index in [0.717, 1.165) is 11.1 Å². The average molecular weight is 340 g/mol. The molecule has 0 spiro atoms. The number of alkyl halides is 2. The van der Waals surface area contributed by atoms with E-state index in [1.807, 2.05) is 18.2 Å². The van der Waals surface area contributed by atoms with Gasteiger partial charge < -0.3 is 15.4 Å². The van der Waals surface area contributed by atoms with E-state index in [1.54, 1.807) is 37.7 Å². The summed E-state index contributed by atoms with van der Waals surface area (Å²) in [6.07, 6.45) is 2.57. The van der Waals surface area contributed by atoms with Crippen molar-refractivity contribution < 1.29 is 18.3 Å². The van der Waals surface area contributed by atoms with Crippen LogP contribution in [0.3, 0.4) is 0 Å². The Kier molecular flexibility index (Phi) is 5.38. The van der Waals surface area contributed by atoms with Gasteiger partial charge >= 0.3 is 6.09 Å². The number of rotatable bonds is 6. The van der Waals surface area contributed by atoms with E-state index < -0.39 is 30.7 Å².